The van der Waals surface area contributed by atoms with Crippen LogP contribution in [-0.2, 0) is 6.54 Å². The summed E-state index contributed by atoms with van der Waals surface area (Å²) in [7, 11) is 3.22. The van der Waals surface area contributed by atoms with Gasteiger partial charge in [-0.2, -0.15) is 5.26 Å². The smallest absolute Gasteiger partial charge is 0.254 e. The van der Waals surface area contributed by atoms with Crippen LogP contribution in [0.3, 0.4) is 0 Å². The number of nitrogens with zero attached hydrogens (tertiary/aromatic N) is 2. The van der Waals surface area contributed by atoms with E-state index >= 15 is 0 Å². The van der Waals surface area contributed by atoms with Crippen LogP contribution in [-0.4, -0.2) is 31.1 Å². The van der Waals surface area contributed by atoms with E-state index in [1.165, 1.54) is 0 Å². The number of hydrogen-bond acceptors (Lipinski definition) is 4. The molecule has 2 aromatic carbocycles. The van der Waals surface area contributed by atoms with Gasteiger partial charge in [-0.15, -0.1) is 0 Å². The molecule has 2 aromatic rings. The molecule has 1 aliphatic rings. The summed E-state index contributed by atoms with van der Waals surface area (Å²) in [4.78, 5) is 14.8. The SMILES string of the molecule is COc1ccc(CN(C(=O)c2cccc(C#N)c2)C2CC2)c(OC)c1. The summed E-state index contributed by atoms with van der Waals surface area (Å²) >= 11 is 0. The van der Waals surface area contributed by atoms with E-state index in [-0.39, 0.29) is 11.9 Å². The van der Waals surface area contributed by atoms with E-state index < -0.39 is 0 Å². The van der Waals surface area contributed by atoms with Gasteiger partial charge in [-0.3, -0.25) is 4.79 Å². The Balaban J connectivity index is 1.87. The highest BCUT2D eigenvalue weighted by molar-refractivity contribution is 5.95. The first kappa shape index (κ1) is 16.8. The zero-order chi connectivity index (χ0) is 17.8. The first-order valence-electron chi connectivity index (χ1n) is 8.18. The Bertz CT molecular complexity index is 822. The van der Waals surface area contributed by atoms with Crippen molar-refractivity contribution in [3.63, 3.8) is 0 Å². The molecule has 0 aliphatic heterocycles. The summed E-state index contributed by atoms with van der Waals surface area (Å²) in [5.74, 6) is 1.35. The van der Waals surface area contributed by atoms with Crippen molar-refractivity contribution in [2.75, 3.05) is 14.2 Å². The van der Waals surface area contributed by atoms with Gasteiger partial charge in [-0.25, -0.2) is 0 Å². The lowest BCUT2D eigenvalue weighted by Gasteiger charge is -2.24. The third-order valence-electron chi connectivity index (χ3n) is 4.32. The minimum absolute atomic E-state index is 0.0579. The summed E-state index contributed by atoms with van der Waals surface area (Å²) in [5.41, 5.74) is 1.96. The Morgan fingerprint density at radius 3 is 2.64 bits per heavy atom. The molecule has 0 N–H and O–H groups in total. The number of benzene rings is 2. The number of rotatable bonds is 6. The second-order valence-corrected chi connectivity index (χ2v) is 6.03. The van der Waals surface area contributed by atoms with Crippen LogP contribution in [0, 0.1) is 11.3 Å². The van der Waals surface area contributed by atoms with E-state index in [1.807, 2.05) is 23.1 Å². The highest BCUT2D eigenvalue weighted by Crippen LogP contribution is 2.33. The lowest BCUT2D eigenvalue weighted by atomic mass is 10.1. The van der Waals surface area contributed by atoms with E-state index in [4.69, 9.17) is 14.7 Å². The quantitative estimate of drug-likeness (QED) is 0.811. The molecule has 0 heterocycles. The van der Waals surface area contributed by atoms with Crippen LogP contribution in [0.15, 0.2) is 42.5 Å². The maximum Gasteiger partial charge on any atom is 0.254 e. The summed E-state index contributed by atoms with van der Waals surface area (Å²) in [5, 5.41) is 9.05. The van der Waals surface area contributed by atoms with E-state index in [0.717, 1.165) is 18.4 Å². The number of carbonyl (C=O) groups is 1. The van der Waals surface area contributed by atoms with Gasteiger partial charge in [0.1, 0.15) is 11.5 Å². The van der Waals surface area contributed by atoms with Crippen LogP contribution in [0.4, 0.5) is 0 Å². The van der Waals surface area contributed by atoms with Crippen molar-refractivity contribution in [2.45, 2.75) is 25.4 Å². The molecular weight excluding hydrogens is 316 g/mol. The Morgan fingerprint density at radius 1 is 1.20 bits per heavy atom. The number of amides is 1. The molecule has 25 heavy (non-hydrogen) atoms. The topological polar surface area (TPSA) is 62.6 Å². The largest absolute Gasteiger partial charge is 0.497 e. The van der Waals surface area contributed by atoms with Gasteiger partial charge in [-0.1, -0.05) is 6.07 Å². The third kappa shape index (κ3) is 3.74. The summed E-state index contributed by atoms with van der Waals surface area (Å²) in [6.07, 6.45) is 2.00. The van der Waals surface area contributed by atoms with Gasteiger partial charge < -0.3 is 14.4 Å². The van der Waals surface area contributed by atoms with Crippen molar-refractivity contribution in [1.82, 2.24) is 4.90 Å². The highest BCUT2D eigenvalue weighted by Gasteiger charge is 2.33. The Kier molecular flexibility index (Phi) is 4.90. The Morgan fingerprint density at radius 2 is 2.00 bits per heavy atom. The van der Waals surface area contributed by atoms with Crippen LogP contribution in [0.2, 0.25) is 0 Å². The van der Waals surface area contributed by atoms with Gasteiger partial charge in [0.25, 0.3) is 5.91 Å². The van der Waals surface area contributed by atoms with Crippen molar-refractivity contribution in [3.8, 4) is 17.6 Å². The van der Waals surface area contributed by atoms with Crippen molar-refractivity contribution in [3.05, 3.63) is 59.2 Å². The standard InChI is InChI=1S/C20H20N2O3/c1-24-18-9-6-16(19(11-18)25-2)13-22(17-7-8-17)20(23)15-5-3-4-14(10-15)12-21/h3-6,9-11,17H,7-8,13H2,1-2H3. The van der Waals surface area contributed by atoms with Gasteiger partial charge in [0.05, 0.1) is 25.9 Å². The van der Waals surface area contributed by atoms with E-state index in [0.29, 0.717) is 29.2 Å². The van der Waals surface area contributed by atoms with Crippen LogP contribution < -0.4 is 9.47 Å². The van der Waals surface area contributed by atoms with Crippen LogP contribution in [0.1, 0.15) is 34.3 Å². The Hall–Kier alpha value is -3.00. The fourth-order valence-electron chi connectivity index (χ4n) is 2.81. The second-order valence-electron chi connectivity index (χ2n) is 6.03. The maximum atomic E-state index is 13.0. The lowest BCUT2D eigenvalue weighted by molar-refractivity contribution is 0.0728. The first-order valence-corrected chi connectivity index (χ1v) is 8.18. The molecule has 0 saturated heterocycles. The summed E-state index contributed by atoms with van der Waals surface area (Å²) in [6.45, 7) is 0.466. The molecule has 0 unspecified atom stereocenters. The van der Waals surface area contributed by atoms with Crippen molar-refractivity contribution >= 4 is 5.91 Å². The zero-order valence-electron chi connectivity index (χ0n) is 14.4. The predicted octanol–water partition coefficient (Wildman–Crippen LogP) is 3.38. The molecule has 0 radical (unpaired) electrons. The lowest BCUT2D eigenvalue weighted by Crippen LogP contribution is -2.32. The number of ether oxygens (including phenoxy) is 2. The summed E-state index contributed by atoms with van der Waals surface area (Å²) < 4.78 is 10.7. The van der Waals surface area contributed by atoms with Gasteiger partial charge in [0.15, 0.2) is 0 Å². The number of methoxy groups -OCH3 is 2. The van der Waals surface area contributed by atoms with Gasteiger partial charge in [0, 0.05) is 29.8 Å². The molecule has 1 aliphatic carbocycles. The monoisotopic (exact) mass is 336 g/mol. The second kappa shape index (κ2) is 7.27. The van der Waals surface area contributed by atoms with Crippen LogP contribution in [0.5, 0.6) is 11.5 Å². The predicted molar refractivity (Wildman–Crippen MR) is 93.6 cm³/mol. The molecular formula is C20H20N2O3. The Labute approximate surface area is 147 Å². The molecule has 5 nitrogen and oxygen atoms in total. The van der Waals surface area contributed by atoms with Crippen molar-refractivity contribution in [1.29, 1.82) is 5.26 Å². The molecule has 1 saturated carbocycles. The average molecular weight is 336 g/mol. The fraction of sp³-hybridized carbons (Fsp3) is 0.300. The maximum absolute atomic E-state index is 13.0. The van der Waals surface area contributed by atoms with Gasteiger partial charge in [-0.05, 0) is 43.2 Å². The summed E-state index contributed by atoms with van der Waals surface area (Å²) in [6, 6.07) is 14.8. The number of hydrogen-bond donors (Lipinski definition) is 0. The van der Waals surface area contributed by atoms with Gasteiger partial charge >= 0.3 is 0 Å². The zero-order valence-corrected chi connectivity index (χ0v) is 14.4. The van der Waals surface area contributed by atoms with Crippen molar-refractivity contribution < 1.29 is 14.3 Å². The molecule has 0 spiro atoms. The molecule has 1 amide bonds. The van der Waals surface area contributed by atoms with E-state index in [9.17, 15) is 4.79 Å². The number of carbonyl (C=O) groups excluding carboxylic acids is 1. The molecule has 0 atom stereocenters. The normalized spacial score (nSPS) is 13.0. The first-order chi connectivity index (χ1) is 12.2. The van der Waals surface area contributed by atoms with E-state index in [2.05, 4.69) is 6.07 Å². The fourth-order valence-corrected chi connectivity index (χ4v) is 2.81. The molecule has 128 valence electrons. The molecule has 0 bridgehead atoms. The minimum Gasteiger partial charge on any atom is -0.497 e. The van der Waals surface area contributed by atoms with Gasteiger partial charge in [0.2, 0.25) is 0 Å². The highest BCUT2D eigenvalue weighted by atomic mass is 16.5. The minimum atomic E-state index is -0.0579. The van der Waals surface area contributed by atoms with Crippen LogP contribution >= 0.6 is 0 Å². The molecule has 0 aromatic heterocycles. The third-order valence-corrected chi connectivity index (χ3v) is 4.32. The average Bonchev–Trinajstić information content (AvgIpc) is 3.50. The number of nitriles is 1. The molecule has 1 fully saturated rings. The van der Waals surface area contributed by atoms with Crippen LogP contribution in [0.25, 0.3) is 0 Å². The molecule has 3 rings (SSSR count). The van der Waals surface area contributed by atoms with E-state index in [1.54, 1.807) is 38.5 Å². The van der Waals surface area contributed by atoms with Crippen molar-refractivity contribution in [2.24, 2.45) is 0 Å². The molecule has 5 heteroatoms.